The van der Waals surface area contributed by atoms with Crippen LogP contribution in [-0.2, 0) is 11.3 Å². The molecule has 204 valence electrons. The first-order valence-electron chi connectivity index (χ1n) is 12.3. The van der Waals surface area contributed by atoms with Gasteiger partial charge in [0, 0.05) is 24.9 Å². The second-order valence-corrected chi connectivity index (χ2v) is 10.00. The van der Waals surface area contributed by atoms with Crippen LogP contribution in [0.15, 0.2) is 35.5 Å². The Bertz CT molecular complexity index is 1170. The summed E-state index contributed by atoms with van der Waals surface area (Å²) in [6, 6.07) is 7.84. The average molecular weight is 533 g/mol. The van der Waals surface area contributed by atoms with Crippen molar-refractivity contribution in [1.82, 2.24) is 9.97 Å². The van der Waals surface area contributed by atoms with Gasteiger partial charge in [0.25, 0.3) is 0 Å². The van der Waals surface area contributed by atoms with E-state index in [0.29, 0.717) is 18.3 Å². The van der Waals surface area contributed by atoms with Crippen molar-refractivity contribution in [2.45, 2.75) is 65.0 Å². The number of amides is 1. The Morgan fingerprint density at radius 1 is 1.18 bits per heavy atom. The summed E-state index contributed by atoms with van der Waals surface area (Å²) in [5.74, 6) is 0.734. The first-order chi connectivity index (χ1) is 17.9. The van der Waals surface area contributed by atoms with E-state index in [1.165, 1.54) is 24.4 Å². The van der Waals surface area contributed by atoms with E-state index in [9.17, 15) is 23.2 Å². The molecular formula is C26H31F3N6O3. The number of carbonyl (C=O) groups excluding carboxylic acids is 1. The molecule has 1 aliphatic carbocycles. The van der Waals surface area contributed by atoms with Gasteiger partial charge in [0.2, 0.25) is 5.95 Å². The molecule has 9 nitrogen and oxygen atoms in total. The van der Waals surface area contributed by atoms with Gasteiger partial charge in [0.05, 0.1) is 6.20 Å². The van der Waals surface area contributed by atoms with Crippen molar-refractivity contribution in [1.29, 1.82) is 5.26 Å². The first kappa shape index (κ1) is 28.7. The van der Waals surface area contributed by atoms with Crippen molar-refractivity contribution in [3.63, 3.8) is 0 Å². The number of halogens is 3. The quantitative estimate of drug-likeness (QED) is 0.392. The Morgan fingerprint density at radius 3 is 2.55 bits per heavy atom. The van der Waals surface area contributed by atoms with Gasteiger partial charge in [0.1, 0.15) is 28.8 Å². The number of nitrogens with one attached hydrogen (secondary N) is 2. The number of para-hydroxylation sites is 1. The molecule has 1 aliphatic rings. The largest absolute Gasteiger partial charge is 0.573 e. The van der Waals surface area contributed by atoms with E-state index in [0.717, 1.165) is 25.7 Å². The summed E-state index contributed by atoms with van der Waals surface area (Å²) < 4.78 is 47.3. The Morgan fingerprint density at radius 2 is 1.89 bits per heavy atom. The molecule has 0 bridgehead atoms. The number of nitriles is 1. The third kappa shape index (κ3) is 9.53. The highest BCUT2D eigenvalue weighted by molar-refractivity contribution is 5.80. The smallest absolute Gasteiger partial charge is 0.442 e. The highest BCUT2D eigenvalue weighted by atomic mass is 19.4. The molecule has 1 heterocycles. The Kier molecular flexibility index (Phi) is 9.50. The van der Waals surface area contributed by atoms with Crippen LogP contribution >= 0.6 is 0 Å². The van der Waals surface area contributed by atoms with Crippen LogP contribution in [0.3, 0.4) is 0 Å². The summed E-state index contributed by atoms with van der Waals surface area (Å²) in [5, 5.41) is 15.5. The van der Waals surface area contributed by atoms with Gasteiger partial charge in [-0.15, -0.1) is 13.2 Å². The SMILES string of the molecule is CC(C)(C)OC(=O)N=CC1CCC(CNc2nc(NCc3ccccc3OC(F)(F)F)ncc2C#N)CC1. The Labute approximate surface area is 219 Å². The number of aromatic nitrogens is 2. The van der Waals surface area contributed by atoms with Crippen molar-refractivity contribution >= 4 is 24.1 Å². The van der Waals surface area contributed by atoms with Crippen LogP contribution in [-0.4, -0.2) is 40.8 Å². The normalized spacial score (nSPS) is 18.0. The fourth-order valence-electron chi connectivity index (χ4n) is 3.97. The summed E-state index contributed by atoms with van der Waals surface area (Å²) in [6.45, 7) is 5.95. The molecule has 38 heavy (non-hydrogen) atoms. The van der Waals surface area contributed by atoms with Crippen LogP contribution in [0.2, 0.25) is 0 Å². The van der Waals surface area contributed by atoms with Gasteiger partial charge in [-0.2, -0.15) is 15.2 Å². The average Bonchev–Trinajstić information content (AvgIpc) is 2.84. The van der Waals surface area contributed by atoms with Crippen LogP contribution in [0.1, 0.15) is 57.6 Å². The maximum atomic E-state index is 12.7. The molecule has 0 radical (unpaired) electrons. The third-order valence-corrected chi connectivity index (χ3v) is 5.78. The van der Waals surface area contributed by atoms with Crippen molar-refractivity contribution in [2.24, 2.45) is 16.8 Å². The van der Waals surface area contributed by atoms with Crippen LogP contribution in [0.5, 0.6) is 5.75 Å². The lowest BCUT2D eigenvalue weighted by atomic mass is 9.82. The molecule has 1 saturated carbocycles. The molecule has 2 N–H and O–H groups in total. The van der Waals surface area contributed by atoms with Crippen LogP contribution in [0.4, 0.5) is 29.7 Å². The summed E-state index contributed by atoms with van der Waals surface area (Å²) in [6.07, 6.45) is 1.21. The fourth-order valence-corrected chi connectivity index (χ4v) is 3.97. The number of benzene rings is 1. The molecule has 0 aliphatic heterocycles. The van der Waals surface area contributed by atoms with Crippen LogP contribution in [0.25, 0.3) is 0 Å². The van der Waals surface area contributed by atoms with E-state index in [4.69, 9.17) is 4.74 Å². The van der Waals surface area contributed by atoms with Crippen LogP contribution < -0.4 is 15.4 Å². The lowest BCUT2D eigenvalue weighted by molar-refractivity contribution is -0.274. The molecule has 0 saturated heterocycles. The topological polar surface area (TPSA) is 122 Å². The second-order valence-electron chi connectivity index (χ2n) is 10.00. The minimum atomic E-state index is -4.80. The van der Waals surface area contributed by atoms with Gasteiger partial charge in [-0.05, 0) is 64.4 Å². The molecule has 0 spiro atoms. The van der Waals surface area contributed by atoms with Gasteiger partial charge < -0.3 is 20.1 Å². The maximum Gasteiger partial charge on any atom is 0.573 e. The number of nitrogens with zero attached hydrogens (tertiary/aromatic N) is 4. The van der Waals surface area contributed by atoms with E-state index in [1.807, 2.05) is 6.07 Å². The number of rotatable bonds is 8. The van der Waals surface area contributed by atoms with E-state index in [-0.39, 0.29) is 35.3 Å². The standard InChI is InChI=1S/C26H31F3N6O3/c1-25(2,3)38-24(36)34-14-18-10-8-17(9-11-18)13-31-22-20(12-30)16-33-23(35-22)32-15-19-6-4-5-7-21(19)37-26(27,28)29/h4-7,14,16-18H,8-11,13,15H2,1-3H3,(H2,31,32,33,35). The summed E-state index contributed by atoms with van der Waals surface area (Å²) in [7, 11) is 0. The highest BCUT2D eigenvalue weighted by Crippen LogP contribution is 2.29. The van der Waals surface area contributed by atoms with Crippen molar-refractivity contribution in [3.8, 4) is 11.8 Å². The number of ether oxygens (including phenoxy) is 2. The molecule has 12 heteroatoms. The summed E-state index contributed by atoms with van der Waals surface area (Å²) in [5.41, 5.74) is -0.0450. The van der Waals surface area contributed by atoms with E-state index in [1.54, 1.807) is 33.1 Å². The molecule has 1 fully saturated rings. The Balaban J connectivity index is 1.53. The summed E-state index contributed by atoms with van der Waals surface area (Å²) in [4.78, 5) is 24.1. The van der Waals surface area contributed by atoms with Gasteiger partial charge in [0.15, 0.2) is 0 Å². The van der Waals surface area contributed by atoms with Gasteiger partial charge in [-0.1, -0.05) is 18.2 Å². The maximum absolute atomic E-state index is 12.7. The van der Waals surface area contributed by atoms with Crippen molar-refractivity contribution < 1.29 is 27.4 Å². The second kappa shape index (κ2) is 12.6. The van der Waals surface area contributed by atoms with Crippen molar-refractivity contribution in [3.05, 3.63) is 41.6 Å². The predicted octanol–water partition coefficient (Wildman–Crippen LogP) is 6.08. The molecule has 1 amide bonds. The monoisotopic (exact) mass is 532 g/mol. The summed E-state index contributed by atoms with van der Waals surface area (Å²) >= 11 is 0. The lowest BCUT2D eigenvalue weighted by Crippen LogP contribution is -2.24. The van der Waals surface area contributed by atoms with E-state index >= 15 is 0 Å². The number of carbonyl (C=O) groups is 1. The van der Waals surface area contributed by atoms with E-state index < -0.39 is 18.1 Å². The zero-order valence-electron chi connectivity index (χ0n) is 21.5. The molecule has 1 aromatic carbocycles. The number of hydrogen-bond acceptors (Lipinski definition) is 8. The zero-order valence-corrected chi connectivity index (χ0v) is 21.5. The number of aliphatic imine (C=N–C) groups is 1. The molecule has 0 atom stereocenters. The minimum absolute atomic E-state index is 0.00748. The number of alkyl halides is 3. The number of anilines is 2. The molecule has 3 rings (SSSR count). The lowest BCUT2D eigenvalue weighted by Gasteiger charge is -2.26. The molecular weight excluding hydrogens is 501 g/mol. The third-order valence-electron chi connectivity index (χ3n) is 5.78. The molecule has 1 aromatic heterocycles. The molecule has 0 unspecified atom stereocenters. The van der Waals surface area contributed by atoms with Crippen molar-refractivity contribution in [2.75, 3.05) is 17.2 Å². The first-order valence-corrected chi connectivity index (χ1v) is 12.3. The number of hydrogen-bond donors (Lipinski definition) is 2. The predicted molar refractivity (Wildman–Crippen MR) is 136 cm³/mol. The fraction of sp³-hybridized carbons (Fsp3) is 0.500. The highest BCUT2D eigenvalue weighted by Gasteiger charge is 2.32. The van der Waals surface area contributed by atoms with Gasteiger partial charge in [-0.25, -0.2) is 9.78 Å². The molecule has 2 aromatic rings. The Hall–Kier alpha value is -3.88. The van der Waals surface area contributed by atoms with E-state index in [2.05, 4.69) is 30.3 Å². The zero-order chi connectivity index (χ0) is 27.8. The minimum Gasteiger partial charge on any atom is -0.442 e. The van der Waals surface area contributed by atoms with Gasteiger partial charge >= 0.3 is 12.5 Å². The van der Waals surface area contributed by atoms with Gasteiger partial charge in [-0.3, -0.25) is 0 Å². The van der Waals surface area contributed by atoms with Crippen LogP contribution in [0, 0.1) is 23.2 Å².